The Kier molecular flexibility index (Phi) is 6.10. The fourth-order valence-corrected chi connectivity index (χ4v) is 7.62. The molecule has 0 radical (unpaired) electrons. The van der Waals surface area contributed by atoms with E-state index in [4.69, 9.17) is 9.47 Å². The first-order chi connectivity index (χ1) is 18.4. The van der Waals surface area contributed by atoms with E-state index in [1.165, 1.54) is 0 Å². The molecule has 2 fully saturated rings. The topological polar surface area (TPSA) is 62.3 Å². The molecule has 1 atom stereocenters. The minimum absolute atomic E-state index is 0.0323. The van der Waals surface area contributed by atoms with E-state index >= 15 is 0 Å². The van der Waals surface area contributed by atoms with Gasteiger partial charge in [-0.25, -0.2) is 4.79 Å². The van der Waals surface area contributed by atoms with Crippen LogP contribution in [0.3, 0.4) is 0 Å². The van der Waals surface area contributed by atoms with Crippen LogP contribution in [0.2, 0.25) is 0 Å². The normalized spacial score (nSPS) is 20.3. The Hall–Kier alpha value is -3.52. The summed E-state index contributed by atoms with van der Waals surface area (Å²) < 4.78 is 12.4. The maximum atomic E-state index is 13.8. The van der Waals surface area contributed by atoms with Crippen LogP contribution in [0.4, 0.5) is 4.79 Å². The summed E-state index contributed by atoms with van der Waals surface area (Å²) in [6.07, 6.45) is 3.68. The highest BCUT2D eigenvalue weighted by Crippen LogP contribution is 2.49. The molecule has 0 N–H and O–H groups in total. The van der Waals surface area contributed by atoms with Crippen LogP contribution in [-0.2, 0) is 6.54 Å². The fraction of sp³-hybridized carbons (Fsp3) is 0.400. The van der Waals surface area contributed by atoms with E-state index in [9.17, 15) is 9.59 Å². The predicted octanol–water partition coefficient (Wildman–Crippen LogP) is 5.85. The van der Waals surface area contributed by atoms with Gasteiger partial charge in [-0.2, -0.15) is 0 Å². The molecule has 0 bridgehead atoms. The van der Waals surface area contributed by atoms with Crippen molar-refractivity contribution in [1.82, 2.24) is 14.7 Å². The Bertz CT molecular complexity index is 1420. The van der Waals surface area contributed by atoms with Gasteiger partial charge in [-0.05, 0) is 48.9 Å². The van der Waals surface area contributed by atoms with Crippen molar-refractivity contribution in [3.63, 3.8) is 0 Å². The molecule has 38 heavy (non-hydrogen) atoms. The lowest BCUT2D eigenvalue weighted by Crippen LogP contribution is -2.54. The number of allylic oxidation sites excluding steroid dienone is 1. The number of urea groups is 1. The Labute approximate surface area is 227 Å². The molecule has 1 aromatic heterocycles. The lowest BCUT2D eigenvalue weighted by molar-refractivity contribution is 0.0580. The van der Waals surface area contributed by atoms with Crippen molar-refractivity contribution >= 4 is 33.4 Å². The third-order valence-electron chi connectivity index (χ3n) is 8.42. The van der Waals surface area contributed by atoms with Gasteiger partial charge in [0.25, 0.3) is 5.91 Å². The van der Waals surface area contributed by atoms with Crippen molar-refractivity contribution in [2.45, 2.75) is 44.7 Å². The molecule has 8 heteroatoms. The number of rotatable bonds is 4. The summed E-state index contributed by atoms with van der Waals surface area (Å²) in [5.41, 5.74) is 2.77. The Balaban J connectivity index is 1.32. The maximum Gasteiger partial charge on any atom is 0.325 e. The highest BCUT2D eigenvalue weighted by Gasteiger charge is 2.55. The van der Waals surface area contributed by atoms with Gasteiger partial charge in [0.15, 0.2) is 0 Å². The van der Waals surface area contributed by atoms with Crippen LogP contribution in [0.1, 0.15) is 53.4 Å². The largest absolute Gasteiger partial charge is 0.497 e. The quantitative estimate of drug-likeness (QED) is 0.424. The van der Waals surface area contributed by atoms with Gasteiger partial charge in [-0.1, -0.05) is 31.2 Å². The van der Waals surface area contributed by atoms with E-state index in [0.29, 0.717) is 26.2 Å². The smallest absolute Gasteiger partial charge is 0.325 e. The van der Waals surface area contributed by atoms with Gasteiger partial charge < -0.3 is 19.3 Å². The van der Waals surface area contributed by atoms with Crippen LogP contribution >= 0.6 is 11.3 Å². The molecule has 3 aliphatic heterocycles. The van der Waals surface area contributed by atoms with Crippen molar-refractivity contribution in [3.05, 3.63) is 70.2 Å². The van der Waals surface area contributed by atoms with Crippen molar-refractivity contribution in [2.24, 2.45) is 0 Å². The average molecular weight is 532 g/mol. The number of thiophene rings is 1. The molecule has 3 amide bonds. The van der Waals surface area contributed by atoms with Crippen LogP contribution in [-0.4, -0.2) is 66.0 Å². The molecule has 1 spiro atoms. The Morgan fingerprint density at radius 2 is 1.87 bits per heavy atom. The molecule has 2 saturated heterocycles. The summed E-state index contributed by atoms with van der Waals surface area (Å²) in [6, 6.07) is 14.1. The van der Waals surface area contributed by atoms with Crippen molar-refractivity contribution in [3.8, 4) is 11.5 Å². The number of carbonyl (C=O) groups is 2. The molecular formula is C30H33N3O4S. The summed E-state index contributed by atoms with van der Waals surface area (Å²) in [5, 5.41) is 1.10. The van der Waals surface area contributed by atoms with E-state index in [1.54, 1.807) is 25.6 Å². The van der Waals surface area contributed by atoms with Crippen LogP contribution in [0.25, 0.3) is 10.1 Å². The number of methoxy groups -OCH3 is 2. The number of likely N-dealkylation sites (N-methyl/N-ethyl adjacent to an activating group) is 1. The number of hydrogen-bond acceptors (Lipinski definition) is 5. The van der Waals surface area contributed by atoms with E-state index in [-0.39, 0.29) is 17.9 Å². The number of ether oxygens (including phenoxy) is 2. The zero-order chi connectivity index (χ0) is 26.6. The van der Waals surface area contributed by atoms with Gasteiger partial charge in [-0.15, -0.1) is 11.3 Å². The van der Waals surface area contributed by atoms with Crippen molar-refractivity contribution in [2.75, 3.05) is 33.9 Å². The Morgan fingerprint density at radius 3 is 2.55 bits per heavy atom. The summed E-state index contributed by atoms with van der Waals surface area (Å²) in [6.45, 7) is 6.53. The minimum Gasteiger partial charge on any atom is -0.497 e. The number of carbonyl (C=O) groups excluding carboxylic acids is 2. The number of nitrogens with zero attached hydrogens (tertiary/aromatic N) is 3. The summed E-state index contributed by atoms with van der Waals surface area (Å²) in [5.74, 6) is 1.64. The zero-order valence-corrected chi connectivity index (χ0v) is 23.1. The lowest BCUT2D eigenvalue weighted by Gasteiger charge is -2.44. The first-order valence-electron chi connectivity index (χ1n) is 13.2. The molecule has 3 aromatic rings. The highest BCUT2D eigenvalue weighted by atomic mass is 32.1. The number of amides is 3. The van der Waals surface area contributed by atoms with Gasteiger partial charge in [0.05, 0.1) is 31.2 Å². The molecule has 0 unspecified atom stereocenters. The molecule has 0 saturated carbocycles. The summed E-state index contributed by atoms with van der Waals surface area (Å²) in [4.78, 5) is 34.0. The van der Waals surface area contributed by atoms with Gasteiger partial charge in [0, 0.05) is 47.6 Å². The standard InChI is InChI=1S/C30H33N3O4S/c1-5-33-29(35)32-18-21-15-22(36-3)17-23(37-4)27(21)19(2)14-26(32)30(33)10-12-31(13-11-30)28(34)25-16-20-8-6-7-9-24(20)38-25/h6-9,14-17,19H,5,10-13,18H2,1-4H3/t19-/m0/s1. The van der Waals surface area contributed by atoms with E-state index in [2.05, 4.69) is 19.1 Å². The van der Waals surface area contributed by atoms with Crippen molar-refractivity contribution < 1.29 is 19.1 Å². The zero-order valence-electron chi connectivity index (χ0n) is 22.3. The van der Waals surface area contributed by atoms with Gasteiger partial charge in [0.2, 0.25) is 0 Å². The molecule has 7 nitrogen and oxygen atoms in total. The number of likely N-dealkylation sites (tertiary alicyclic amines) is 1. The molecule has 2 aromatic carbocycles. The average Bonchev–Trinajstić information content (AvgIpc) is 3.40. The number of fused-ring (bicyclic) bond motifs is 4. The maximum absolute atomic E-state index is 13.8. The van der Waals surface area contributed by atoms with Gasteiger partial charge >= 0.3 is 6.03 Å². The van der Waals surface area contributed by atoms with Crippen molar-refractivity contribution in [1.29, 1.82) is 0 Å². The minimum atomic E-state index is -0.420. The van der Waals surface area contributed by atoms with Gasteiger partial charge in [0.1, 0.15) is 11.5 Å². The molecule has 198 valence electrons. The number of benzene rings is 2. The monoisotopic (exact) mass is 531 g/mol. The van der Waals surface area contributed by atoms with Crippen LogP contribution < -0.4 is 9.47 Å². The number of hydrogen-bond donors (Lipinski definition) is 0. The fourth-order valence-electron chi connectivity index (χ4n) is 6.59. The molecule has 0 aliphatic carbocycles. The Morgan fingerprint density at radius 1 is 1.11 bits per heavy atom. The first-order valence-corrected chi connectivity index (χ1v) is 14.1. The SMILES string of the molecule is CCN1C(=O)N2Cc3cc(OC)cc(OC)c3[C@@H](C)C=C2C12CCN(C(=O)c1cc3ccccc3s1)CC2. The second kappa shape index (κ2) is 9.34. The molecule has 3 aliphatic rings. The third kappa shape index (κ3) is 3.68. The highest BCUT2D eigenvalue weighted by molar-refractivity contribution is 7.20. The lowest BCUT2D eigenvalue weighted by atomic mass is 9.82. The molecule has 6 rings (SSSR count). The van der Waals surface area contributed by atoms with Crippen LogP contribution in [0.5, 0.6) is 11.5 Å². The van der Waals surface area contributed by atoms with E-state index in [0.717, 1.165) is 56.1 Å². The van der Waals surface area contributed by atoms with Crippen LogP contribution in [0, 0.1) is 0 Å². The second-order valence-electron chi connectivity index (χ2n) is 10.3. The predicted molar refractivity (Wildman–Crippen MR) is 149 cm³/mol. The van der Waals surface area contributed by atoms with E-state index < -0.39 is 5.54 Å². The summed E-state index contributed by atoms with van der Waals surface area (Å²) >= 11 is 1.55. The molecule has 4 heterocycles. The summed E-state index contributed by atoms with van der Waals surface area (Å²) in [7, 11) is 3.32. The first kappa shape index (κ1) is 24.8. The van der Waals surface area contributed by atoms with Gasteiger partial charge in [-0.3, -0.25) is 9.69 Å². The van der Waals surface area contributed by atoms with E-state index in [1.807, 2.05) is 58.0 Å². The van der Waals surface area contributed by atoms with Crippen LogP contribution in [0.15, 0.2) is 54.2 Å². The second-order valence-corrected chi connectivity index (χ2v) is 11.4. The third-order valence-corrected chi connectivity index (χ3v) is 9.53. The molecular weight excluding hydrogens is 498 g/mol. The number of piperidine rings is 1.